The van der Waals surface area contributed by atoms with Gasteiger partial charge in [0.05, 0.1) is 22.9 Å². The van der Waals surface area contributed by atoms with E-state index in [-0.39, 0.29) is 11.5 Å². The molecule has 0 unspecified atom stereocenters. The van der Waals surface area contributed by atoms with Gasteiger partial charge in [-0.1, -0.05) is 24.3 Å². The predicted molar refractivity (Wildman–Crippen MR) is 151 cm³/mol. The molecule has 0 fully saturated rings. The summed E-state index contributed by atoms with van der Waals surface area (Å²) in [6.07, 6.45) is 6.56. The van der Waals surface area contributed by atoms with Gasteiger partial charge in [-0.2, -0.15) is 0 Å². The Labute approximate surface area is 233 Å². The zero-order chi connectivity index (χ0) is 30.2. The third-order valence-corrected chi connectivity index (χ3v) is 3.93. The van der Waals surface area contributed by atoms with Gasteiger partial charge in [-0.3, -0.25) is 8.42 Å². The zero-order valence-electron chi connectivity index (χ0n) is 22.0. The van der Waals surface area contributed by atoms with Crippen LogP contribution in [0.15, 0.2) is 79.1 Å². The van der Waals surface area contributed by atoms with E-state index < -0.39 is 58.0 Å². The summed E-state index contributed by atoms with van der Waals surface area (Å²) >= 11 is 0. The lowest BCUT2D eigenvalue weighted by atomic mass is 10.2. The molecule has 2 aromatic carbocycles. The lowest BCUT2D eigenvalue weighted by Gasteiger charge is -2.05. The molecule has 2 aromatic heterocycles. The Hall–Kier alpha value is -4.30. The van der Waals surface area contributed by atoms with Crippen molar-refractivity contribution in [1.82, 2.24) is 0 Å². The molecule has 216 valence electrons. The number of benzene rings is 2. The van der Waals surface area contributed by atoms with Crippen LogP contribution in [0.4, 0.5) is 0 Å². The van der Waals surface area contributed by atoms with Crippen molar-refractivity contribution in [2.24, 2.45) is 0 Å². The largest absolute Gasteiger partial charge is 0.481 e. The molecule has 2 heterocycles. The van der Waals surface area contributed by atoms with Crippen LogP contribution >= 0.6 is 0 Å². The number of carboxylic acids is 2. The van der Waals surface area contributed by atoms with Gasteiger partial charge in [0, 0.05) is 46.6 Å². The molecule has 0 aliphatic heterocycles. The summed E-state index contributed by atoms with van der Waals surface area (Å²) in [6.45, 7) is -0.985. The summed E-state index contributed by atoms with van der Waals surface area (Å²) in [4.78, 5) is 43.0. The summed E-state index contributed by atoms with van der Waals surface area (Å²) in [7, 11) is -1.22. The minimum atomic E-state index is -1.10. The molecule has 0 amide bonds. The van der Waals surface area contributed by atoms with Crippen LogP contribution in [0.25, 0.3) is 21.9 Å². The second kappa shape index (κ2) is 17.3. The Morgan fingerprint density at radius 3 is 1.27 bits per heavy atom. The molecule has 0 bridgehead atoms. The van der Waals surface area contributed by atoms with Crippen molar-refractivity contribution < 1.29 is 46.5 Å². The van der Waals surface area contributed by atoms with Crippen molar-refractivity contribution >= 4 is 55.5 Å². The number of rotatable bonds is 6. The van der Waals surface area contributed by atoms with Crippen molar-refractivity contribution in [3.8, 4) is 11.5 Å². The van der Waals surface area contributed by atoms with Crippen molar-refractivity contribution in [2.45, 2.75) is 0 Å². The number of hydrogen-bond acceptors (Lipinski definition) is 10. The van der Waals surface area contributed by atoms with E-state index in [2.05, 4.69) is 0 Å². The Bertz CT molecular complexity index is 1460. The minimum Gasteiger partial charge on any atom is -0.481 e. The highest BCUT2D eigenvalue weighted by Gasteiger charge is 2.08. The monoisotopic (exact) mass is 596 g/mol. The lowest BCUT2D eigenvalue weighted by molar-refractivity contribution is -0.140. The first-order chi connectivity index (χ1) is 18.8. The molecule has 0 saturated carbocycles. The Morgan fingerprint density at radius 2 is 0.975 bits per heavy atom. The van der Waals surface area contributed by atoms with E-state index in [0.717, 1.165) is 12.1 Å². The summed E-state index contributed by atoms with van der Waals surface area (Å²) in [5.41, 5.74) is -0.399. The average Bonchev–Trinajstić information content (AvgIpc) is 2.85. The van der Waals surface area contributed by atoms with Gasteiger partial charge in [0.25, 0.3) is 0 Å². The number of para-hydroxylation sites is 2. The number of aliphatic carboxylic acids is 2. The van der Waals surface area contributed by atoms with Crippen LogP contribution in [0.2, 0.25) is 0 Å². The van der Waals surface area contributed by atoms with Gasteiger partial charge >= 0.3 is 23.2 Å². The van der Waals surface area contributed by atoms with Crippen LogP contribution in [-0.2, 0) is 31.2 Å². The fourth-order valence-corrected chi connectivity index (χ4v) is 2.68. The van der Waals surface area contributed by atoms with Crippen molar-refractivity contribution in [3.63, 3.8) is 0 Å². The van der Waals surface area contributed by atoms with Gasteiger partial charge in [-0.05, 0) is 24.3 Å². The smallest absolute Gasteiger partial charge is 0.341 e. The summed E-state index contributed by atoms with van der Waals surface area (Å²) in [6, 6.07) is 15.8. The fraction of sp³-hybridized carbons (Fsp3) is 0.231. The van der Waals surface area contributed by atoms with Gasteiger partial charge in [0.2, 0.25) is 0 Å². The van der Waals surface area contributed by atoms with E-state index in [1.165, 1.54) is 0 Å². The molecule has 14 heteroatoms. The SMILES string of the molecule is CS(C)=O.CS(C)=O.O=C(O)COc1cc(=O)oc2ccccc12.O=C(O)COc1cc(=O)oc2ccccc12. The van der Waals surface area contributed by atoms with Crippen LogP contribution in [0.5, 0.6) is 11.5 Å². The number of carboxylic acid groups (broad SMARTS) is 2. The summed E-state index contributed by atoms with van der Waals surface area (Å²) < 4.78 is 39.0. The normalized spacial score (nSPS) is 9.95. The predicted octanol–water partition coefficient (Wildman–Crippen LogP) is 2.50. The Kier molecular flexibility index (Phi) is 14.6. The molecule has 0 aliphatic carbocycles. The molecule has 0 atom stereocenters. The van der Waals surface area contributed by atoms with E-state index in [0.29, 0.717) is 21.9 Å². The highest BCUT2D eigenvalue weighted by atomic mass is 32.2. The standard InChI is InChI=1S/2C11H8O5.2C2H6OS/c2*12-10(13)6-15-9-5-11(14)16-8-4-2-1-3-7(8)9;2*1-4(2)3/h2*1-5H,6H2,(H,12,13);2*1-2H3. The van der Waals surface area contributed by atoms with Gasteiger partial charge in [0.1, 0.15) is 22.7 Å². The maximum Gasteiger partial charge on any atom is 0.341 e. The van der Waals surface area contributed by atoms with E-state index in [1.54, 1.807) is 73.6 Å². The van der Waals surface area contributed by atoms with Crippen LogP contribution < -0.4 is 20.7 Å². The molecule has 0 radical (unpaired) electrons. The maximum absolute atomic E-state index is 11.2. The second-order valence-corrected chi connectivity index (χ2v) is 10.7. The maximum atomic E-state index is 11.2. The highest BCUT2D eigenvalue weighted by Crippen LogP contribution is 2.23. The van der Waals surface area contributed by atoms with E-state index in [1.807, 2.05) is 0 Å². The lowest BCUT2D eigenvalue weighted by Crippen LogP contribution is -2.11. The number of carbonyl (C=O) groups is 2. The second-order valence-electron chi connectivity index (χ2n) is 7.70. The zero-order valence-corrected chi connectivity index (χ0v) is 23.6. The molecular weight excluding hydrogens is 568 g/mol. The quantitative estimate of drug-likeness (QED) is 0.310. The first kappa shape index (κ1) is 33.7. The van der Waals surface area contributed by atoms with Crippen molar-refractivity contribution in [2.75, 3.05) is 38.2 Å². The molecule has 40 heavy (non-hydrogen) atoms. The van der Waals surface area contributed by atoms with Crippen LogP contribution in [0.1, 0.15) is 0 Å². The molecule has 4 rings (SSSR count). The number of hydrogen-bond donors (Lipinski definition) is 2. The molecule has 0 spiro atoms. The van der Waals surface area contributed by atoms with Crippen LogP contribution in [-0.4, -0.2) is 68.8 Å². The minimum absolute atomic E-state index is 0.217. The van der Waals surface area contributed by atoms with Crippen LogP contribution in [0, 0.1) is 0 Å². The summed E-state index contributed by atoms with van der Waals surface area (Å²) in [5, 5.41) is 18.1. The number of fused-ring (bicyclic) bond motifs is 2. The first-order valence-corrected chi connectivity index (χ1v) is 15.0. The third kappa shape index (κ3) is 13.5. The topological polar surface area (TPSA) is 188 Å². The third-order valence-electron chi connectivity index (χ3n) is 3.93. The molecule has 0 aliphatic rings. The molecule has 12 nitrogen and oxygen atoms in total. The Balaban J connectivity index is 0.000000317. The average molecular weight is 597 g/mol. The molecule has 0 saturated heterocycles. The van der Waals surface area contributed by atoms with Gasteiger partial charge in [0.15, 0.2) is 13.2 Å². The van der Waals surface area contributed by atoms with Gasteiger partial charge in [-0.25, -0.2) is 19.2 Å². The van der Waals surface area contributed by atoms with E-state index >= 15 is 0 Å². The Morgan fingerprint density at radius 1 is 0.675 bits per heavy atom. The van der Waals surface area contributed by atoms with Crippen LogP contribution in [0.3, 0.4) is 0 Å². The molecular formula is C26H28O12S2. The van der Waals surface area contributed by atoms with E-state index in [9.17, 15) is 27.6 Å². The number of ether oxygens (including phenoxy) is 2. The van der Waals surface area contributed by atoms with Crippen molar-refractivity contribution in [3.05, 3.63) is 81.5 Å². The summed E-state index contributed by atoms with van der Waals surface area (Å²) in [5.74, 6) is -1.77. The fourth-order valence-electron chi connectivity index (χ4n) is 2.68. The van der Waals surface area contributed by atoms with Gasteiger partial charge < -0.3 is 28.5 Å². The molecule has 2 N–H and O–H groups in total. The molecule has 4 aromatic rings. The van der Waals surface area contributed by atoms with E-state index in [4.69, 9.17) is 28.5 Å². The van der Waals surface area contributed by atoms with Crippen molar-refractivity contribution in [1.29, 1.82) is 0 Å². The van der Waals surface area contributed by atoms with Gasteiger partial charge in [-0.15, -0.1) is 0 Å². The first-order valence-electron chi connectivity index (χ1n) is 11.0. The highest BCUT2D eigenvalue weighted by molar-refractivity contribution is 7.83.